The Morgan fingerprint density at radius 2 is 1.83 bits per heavy atom. The maximum absolute atomic E-state index is 13.5. The quantitative estimate of drug-likeness (QED) is 0.382. The second-order valence-corrected chi connectivity index (χ2v) is 8.04. The van der Waals surface area contributed by atoms with Gasteiger partial charge in [0.1, 0.15) is 5.82 Å². The van der Waals surface area contributed by atoms with Gasteiger partial charge in [0, 0.05) is 30.9 Å². The van der Waals surface area contributed by atoms with Gasteiger partial charge in [0.15, 0.2) is 0 Å². The fourth-order valence-electron chi connectivity index (χ4n) is 3.86. The molecule has 0 radical (unpaired) electrons. The molecule has 0 unspecified atom stereocenters. The molecule has 0 bridgehead atoms. The molecular formula is C23H22FN9O2. The molecule has 5 rings (SSSR count). The first-order valence-corrected chi connectivity index (χ1v) is 10.9. The Morgan fingerprint density at radius 3 is 2.60 bits per heavy atom. The zero-order valence-electron chi connectivity index (χ0n) is 19.1. The highest BCUT2D eigenvalue weighted by Crippen LogP contribution is 2.20. The van der Waals surface area contributed by atoms with E-state index in [1.54, 1.807) is 27.6 Å². The molecule has 0 saturated heterocycles. The van der Waals surface area contributed by atoms with Crippen LogP contribution in [0.5, 0.6) is 0 Å². The summed E-state index contributed by atoms with van der Waals surface area (Å²) >= 11 is 0. The van der Waals surface area contributed by atoms with E-state index in [1.807, 2.05) is 32.3 Å². The predicted molar refractivity (Wildman–Crippen MR) is 127 cm³/mol. The van der Waals surface area contributed by atoms with Crippen LogP contribution in [0.15, 0.2) is 64.4 Å². The largest absolute Gasteiger partial charge is 0.355 e. The second-order valence-electron chi connectivity index (χ2n) is 8.04. The number of aromatic nitrogens is 8. The minimum Gasteiger partial charge on any atom is -0.325 e. The second kappa shape index (κ2) is 8.97. The SMILES string of the molecule is CCn1nncc1Cn1c(=O)nc(Nc2ccc3nn(C)cc3c2)n(Cc2ccc(F)cc2)c1=O. The highest BCUT2D eigenvalue weighted by Gasteiger charge is 2.16. The van der Waals surface area contributed by atoms with E-state index >= 15 is 0 Å². The van der Waals surface area contributed by atoms with Crippen LogP contribution in [0.3, 0.4) is 0 Å². The summed E-state index contributed by atoms with van der Waals surface area (Å²) in [6.45, 7) is 2.47. The Hall–Kier alpha value is -4.61. The normalized spacial score (nSPS) is 11.3. The lowest BCUT2D eigenvalue weighted by atomic mass is 10.2. The summed E-state index contributed by atoms with van der Waals surface area (Å²) in [5.41, 5.74) is 1.44. The molecule has 2 aromatic carbocycles. The van der Waals surface area contributed by atoms with Crippen molar-refractivity contribution in [1.82, 2.24) is 38.9 Å². The molecule has 0 amide bonds. The van der Waals surface area contributed by atoms with Crippen molar-refractivity contribution in [3.63, 3.8) is 0 Å². The van der Waals surface area contributed by atoms with Crippen LogP contribution in [0.4, 0.5) is 16.0 Å². The molecule has 0 aliphatic heterocycles. The minimum absolute atomic E-state index is 0.0309. The van der Waals surface area contributed by atoms with Gasteiger partial charge in [-0.3, -0.25) is 9.25 Å². The number of nitrogens with one attached hydrogen (secondary N) is 1. The van der Waals surface area contributed by atoms with Crippen LogP contribution in [0.1, 0.15) is 18.2 Å². The number of rotatable bonds is 7. The summed E-state index contributed by atoms with van der Waals surface area (Å²) in [5, 5.41) is 16.2. The minimum atomic E-state index is -0.709. The third-order valence-corrected chi connectivity index (χ3v) is 5.60. The van der Waals surface area contributed by atoms with Crippen molar-refractivity contribution >= 4 is 22.5 Å². The molecular weight excluding hydrogens is 453 g/mol. The van der Waals surface area contributed by atoms with Crippen LogP contribution in [-0.4, -0.2) is 38.9 Å². The van der Waals surface area contributed by atoms with Gasteiger partial charge < -0.3 is 5.32 Å². The van der Waals surface area contributed by atoms with Crippen molar-refractivity contribution in [2.45, 2.75) is 26.6 Å². The Bertz CT molecular complexity index is 1630. The summed E-state index contributed by atoms with van der Waals surface area (Å²) in [4.78, 5) is 30.6. The molecule has 11 nitrogen and oxygen atoms in total. The molecule has 3 aromatic heterocycles. The molecule has 0 atom stereocenters. The summed E-state index contributed by atoms with van der Waals surface area (Å²) < 4.78 is 19.1. The molecule has 178 valence electrons. The van der Waals surface area contributed by atoms with E-state index in [9.17, 15) is 14.0 Å². The number of halogens is 1. The average Bonchev–Trinajstić information content (AvgIpc) is 3.45. The van der Waals surface area contributed by atoms with E-state index in [2.05, 4.69) is 25.7 Å². The molecule has 3 heterocycles. The van der Waals surface area contributed by atoms with Crippen molar-refractivity contribution in [2.24, 2.45) is 7.05 Å². The van der Waals surface area contributed by atoms with Crippen molar-refractivity contribution in [2.75, 3.05) is 5.32 Å². The van der Waals surface area contributed by atoms with E-state index < -0.39 is 11.4 Å². The van der Waals surface area contributed by atoms with Crippen molar-refractivity contribution in [1.29, 1.82) is 0 Å². The van der Waals surface area contributed by atoms with Crippen molar-refractivity contribution in [3.8, 4) is 0 Å². The van der Waals surface area contributed by atoms with Gasteiger partial charge >= 0.3 is 11.4 Å². The van der Waals surface area contributed by atoms with Gasteiger partial charge in [0.2, 0.25) is 5.95 Å². The summed E-state index contributed by atoms with van der Waals surface area (Å²) in [5.74, 6) is -0.307. The molecule has 12 heteroatoms. The van der Waals surface area contributed by atoms with Crippen LogP contribution < -0.4 is 16.7 Å². The van der Waals surface area contributed by atoms with E-state index in [0.717, 1.165) is 15.5 Å². The summed E-state index contributed by atoms with van der Waals surface area (Å²) in [6.07, 6.45) is 3.37. The molecule has 5 aromatic rings. The summed E-state index contributed by atoms with van der Waals surface area (Å²) in [6, 6.07) is 11.3. The van der Waals surface area contributed by atoms with Gasteiger partial charge in [0.25, 0.3) is 0 Å². The smallest absolute Gasteiger partial charge is 0.325 e. The van der Waals surface area contributed by atoms with Crippen LogP contribution >= 0.6 is 0 Å². The van der Waals surface area contributed by atoms with E-state index in [-0.39, 0.29) is 24.9 Å². The maximum Gasteiger partial charge on any atom is 0.355 e. The van der Waals surface area contributed by atoms with E-state index in [0.29, 0.717) is 23.5 Å². The number of anilines is 2. The topological polar surface area (TPSA) is 117 Å². The van der Waals surface area contributed by atoms with Crippen molar-refractivity contribution < 1.29 is 4.39 Å². The number of benzene rings is 2. The number of fused-ring (bicyclic) bond motifs is 1. The molecule has 0 fully saturated rings. The zero-order valence-corrected chi connectivity index (χ0v) is 19.1. The van der Waals surface area contributed by atoms with Gasteiger partial charge in [0.05, 0.1) is 30.5 Å². The van der Waals surface area contributed by atoms with Crippen LogP contribution in [0.25, 0.3) is 10.9 Å². The van der Waals surface area contributed by atoms with Gasteiger partial charge in [-0.2, -0.15) is 10.1 Å². The molecule has 35 heavy (non-hydrogen) atoms. The number of hydrogen-bond acceptors (Lipinski definition) is 7. The number of hydrogen-bond donors (Lipinski definition) is 1. The predicted octanol–water partition coefficient (Wildman–Crippen LogP) is 1.88. The van der Waals surface area contributed by atoms with Crippen LogP contribution in [0, 0.1) is 5.82 Å². The van der Waals surface area contributed by atoms with Gasteiger partial charge in [-0.05, 0) is 42.8 Å². The Balaban J connectivity index is 1.59. The third-order valence-electron chi connectivity index (χ3n) is 5.60. The third kappa shape index (κ3) is 4.45. The Kier molecular flexibility index (Phi) is 5.69. The highest BCUT2D eigenvalue weighted by molar-refractivity contribution is 5.82. The zero-order chi connectivity index (χ0) is 24.5. The molecule has 0 aliphatic carbocycles. The molecule has 1 N–H and O–H groups in total. The molecule has 0 saturated carbocycles. The van der Waals surface area contributed by atoms with Crippen molar-refractivity contribution in [3.05, 3.63) is 92.9 Å². The van der Waals surface area contributed by atoms with E-state index in [1.165, 1.54) is 22.9 Å². The molecule has 0 aliphatic rings. The van der Waals surface area contributed by atoms with E-state index in [4.69, 9.17) is 0 Å². The number of aryl methyl sites for hydroxylation is 2. The standard InChI is InChI=1S/C23H22FN9O2/c1-3-33-19(11-25-29-33)14-32-22(34)27-21(26-18-8-9-20-16(10-18)13-30(2)28-20)31(23(32)35)12-15-4-6-17(24)7-5-15/h4-11,13H,3,12,14H2,1-2H3,(H,26,27,34). The van der Waals surface area contributed by atoms with Gasteiger partial charge in [-0.1, -0.05) is 17.3 Å². The first kappa shape index (κ1) is 22.2. The highest BCUT2D eigenvalue weighted by atomic mass is 19.1. The fourth-order valence-corrected chi connectivity index (χ4v) is 3.86. The Morgan fingerprint density at radius 1 is 1.03 bits per heavy atom. The van der Waals surface area contributed by atoms with Crippen LogP contribution in [0.2, 0.25) is 0 Å². The first-order chi connectivity index (χ1) is 16.9. The van der Waals surface area contributed by atoms with Gasteiger partial charge in [-0.15, -0.1) is 5.10 Å². The maximum atomic E-state index is 13.5. The molecule has 0 spiro atoms. The average molecular weight is 475 g/mol. The lowest BCUT2D eigenvalue weighted by molar-refractivity contribution is 0.541. The monoisotopic (exact) mass is 475 g/mol. The number of nitrogens with zero attached hydrogens (tertiary/aromatic N) is 8. The lowest BCUT2D eigenvalue weighted by Crippen LogP contribution is -2.43. The van der Waals surface area contributed by atoms with Gasteiger partial charge in [-0.25, -0.2) is 23.2 Å². The first-order valence-electron chi connectivity index (χ1n) is 10.9. The van der Waals surface area contributed by atoms with Crippen LogP contribution in [-0.2, 0) is 26.7 Å². The fraction of sp³-hybridized carbons (Fsp3) is 0.217. The lowest BCUT2D eigenvalue weighted by Gasteiger charge is -2.16. The summed E-state index contributed by atoms with van der Waals surface area (Å²) in [7, 11) is 1.83. The Labute approximate surface area is 198 Å².